The minimum Gasteiger partial charge on any atom is -0.492 e. The zero-order chi connectivity index (χ0) is 14.2. The van der Waals surface area contributed by atoms with Gasteiger partial charge in [-0.2, -0.15) is 0 Å². The fraction of sp³-hybridized carbons (Fsp3) is 0.647. The number of ether oxygens (including phenoxy) is 1. The van der Waals surface area contributed by atoms with Crippen molar-refractivity contribution in [3.63, 3.8) is 0 Å². The van der Waals surface area contributed by atoms with Crippen molar-refractivity contribution in [2.45, 2.75) is 32.7 Å². The summed E-state index contributed by atoms with van der Waals surface area (Å²) < 4.78 is 5.81. The van der Waals surface area contributed by atoms with Crippen LogP contribution in [-0.2, 0) is 0 Å². The second kappa shape index (κ2) is 8.28. The largest absolute Gasteiger partial charge is 0.492 e. The summed E-state index contributed by atoms with van der Waals surface area (Å²) >= 11 is 0. The molecule has 112 valence electrons. The van der Waals surface area contributed by atoms with Crippen molar-refractivity contribution in [1.29, 1.82) is 0 Å². The highest BCUT2D eigenvalue weighted by Crippen LogP contribution is 2.11. The highest BCUT2D eigenvalue weighted by Gasteiger charge is 2.17. The van der Waals surface area contributed by atoms with Crippen molar-refractivity contribution in [3.05, 3.63) is 30.3 Å². The summed E-state index contributed by atoms with van der Waals surface area (Å²) in [5.41, 5.74) is 0. The smallest absolute Gasteiger partial charge is 0.119 e. The van der Waals surface area contributed by atoms with E-state index >= 15 is 0 Å². The first-order valence-electron chi connectivity index (χ1n) is 7.91. The number of hydrogen-bond donors (Lipinski definition) is 1. The highest BCUT2D eigenvalue weighted by atomic mass is 16.5. The van der Waals surface area contributed by atoms with Gasteiger partial charge in [0.1, 0.15) is 12.4 Å². The molecule has 1 fully saturated rings. The first kappa shape index (κ1) is 15.3. The third kappa shape index (κ3) is 5.14. The van der Waals surface area contributed by atoms with Gasteiger partial charge in [-0.05, 0) is 44.0 Å². The van der Waals surface area contributed by atoms with Gasteiger partial charge < -0.3 is 10.1 Å². The molecule has 2 atom stereocenters. The summed E-state index contributed by atoms with van der Waals surface area (Å²) in [6.07, 6.45) is 2.47. The second-order valence-corrected chi connectivity index (χ2v) is 5.87. The molecule has 1 aliphatic heterocycles. The second-order valence-electron chi connectivity index (χ2n) is 5.87. The molecule has 2 unspecified atom stereocenters. The Morgan fingerprint density at radius 3 is 2.85 bits per heavy atom. The van der Waals surface area contributed by atoms with Crippen LogP contribution in [0.2, 0.25) is 0 Å². The molecule has 2 rings (SSSR count). The topological polar surface area (TPSA) is 24.5 Å². The van der Waals surface area contributed by atoms with Gasteiger partial charge in [0.05, 0.1) is 0 Å². The molecule has 1 heterocycles. The van der Waals surface area contributed by atoms with E-state index in [0.717, 1.165) is 25.4 Å². The standard InChI is InChI=1S/C17H28N2O/c1-3-16-9-10-19(14-15(2)13-18-16)11-12-20-17-7-5-4-6-8-17/h4-8,15-16,18H,3,9-14H2,1-2H3. The molecule has 0 amide bonds. The lowest BCUT2D eigenvalue weighted by Gasteiger charge is -2.32. The van der Waals surface area contributed by atoms with Gasteiger partial charge in [0.15, 0.2) is 0 Å². The zero-order valence-corrected chi connectivity index (χ0v) is 12.8. The van der Waals surface area contributed by atoms with Gasteiger partial charge in [0.25, 0.3) is 0 Å². The number of rotatable bonds is 5. The molecule has 3 nitrogen and oxygen atoms in total. The maximum Gasteiger partial charge on any atom is 0.119 e. The van der Waals surface area contributed by atoms with Crippen molar-refractivity contribution in [1.82, 2.24) is 10.2 Å². The van der Waals surface area contributed by atoms with Crippen LogP contribution < -0.4 is 10.1 Å². The van der Waals surface area contributed by atoms with Gasteiger partial charge in [0, 0.05) is 19.1 Å². The van der Waals surface area contributed by atoms with Crippen LogP contribution in [-0.4, -0.2) is 43.7 Å². The van der Waals surface area contributed by atoms with E-state index in [0.29, 0.717) is 12.0 Å². The third-order valence-corrected chi connectivity index (χ3v) is 4.03. The van der Waals surface area contributed by atoms with E-state index in [2.05, 4.69) is 24.1 Å². The summed E-state index contributed by atoms with van der Waals surface area (Å²) in [5, 5.41) is 3.67. The van der Waals surface area contributed by atoms with Crippen LogP contribution in [0.15, 0.2) is 30.3 Å². The molecule has 0 radical (unpaired) electrons. The van der Waals surface area contributed by atoms with Gasteiger partial charge in [-0.25, -0.2) is 0 Å². The molecule has 20 heavy (non-hydrogen) atoms. The quantitative estimate of drug-likeness (QED) is 0.895. The average Bonchev–Trinajstić information content (AvgIpc) is 2.46. The molecule has 0 aliphatic carbocycles. The molecule has 0 bridgehead atoms. The monoisotopic (exact) mass is 276 g/mol. The molecule has 1 saturated heterocycles. The van der Waals surface area contributed by atoms with Crippen LogP contribution in [0.5, 0.6) is 5.75 Å². The van der Waals surface area contributed by atoms with E-state index in [4.69, 9.17) is 4.74 Å². The van der Waals surface area contributed by atoms with Crippen molar-refractivity contribution < 1.29 is 4.74 Å². The Morgan fingerprint density at radius 2 is 2.10 bits per heavy atom. The molecular weight excluding hydrogens is 248 g/mol. The number of para-hydroxylation sites is 1. The van der Waals surface area contributed by atoms with Crippen LogP contribution in [0.4, 0.5) is 0 Å². The number of hydrogen-bond acceptors (Lipinski definition) is 3. The van der Waals surface area contributed by atoms with Crippen molar-refractivity contribution in [3.8, 4) is 5.75 Å². The molecule has 3 heteroatoms. The van der Waals surface area contributed by atoms with Crippen LogP contribution in [0, 0.1) is 5.92 Å². The van der Waals surface area contributed by atoms with E-state index in [9.17, 15) is 0 Å². The molecule has 0 saturated carbocycles. The van der Waals surface area contributed by atoms with Crippen molar-refractivity contribution in [2.75, 3.05) is 32.8 Å². The normalized spacial score (nSPS) is 24.9. The maximum absolute atomic E-state index is 5.81. The minimum absolute atomic E-state index is 0.676. The average molecular weight is 276 g/mol. The van der Waals surface area contributed by atoms with E-state index in [1.165, 1.54) is 25.9 Å². The number of nitrogens with zero attached hydrogens (tertiary/aromatic N) is 1. The summed E-state index contributed by atoms with van der Waals surface area (Å²) in [6, 6.07) is 10.8. The highest BCUT2D eigenvalue weighted by molar-refractivity contribution is 5.20. The molecule has 0 spiro atoms. The maximum atomic E-state index is 5.81. The van der Waals surface area contributed by atoms with E-state index in [1.807, 2.05) is 30.3 Å². The molecule has 1 aliphatic rings. The van der Waals surface area contributed by atoms with Crippen LogP contribution >= 0.6 is 0 Å². The fourth-order valence-electron chi connectivity index (χ4n) is 2.77. The van der Waals surface area contributed by atoms with Crippen LogP contribution in [0.1, 0.15) is 26.7 Å². The lowest BCUT2D eigenvalue weighted by Crippen LogP contribution is -2.44. The van der Waals surface area contributed by atoms with Crippen molar-refractivity contribution >= 4 is 0 Å². The number of benzene rings is 1. The van der Waals surface area contributed by atoms with Gasteiger partial charge in [-0.3, -0.25) is 4.90 Å². The van der Waals surface area contributed by atoms with E-state index < -0.39 is 0 Å². The first-order chi connectivity index (χ1) is 9.78. The summed E-state index contributed by atoms with van der Waals surface area (Å²) in [7, 11) is 0. The lowest BCUT2D eigenvalue weighted by molar-refractivity contribution is 0.165. The zero-order valence-electron chi connectivity index (χ0n) is 12.8. The van der Waals surface area contributed by atoms with E-state index in [-0.39, 0.29) is 0 Å². The molecule has 1 N–H and O–H groups in total. The summed E-state index contributed by atoms with van der Waals surface area (Å²) in [5.74, 6) is 1.68. The third-order valence-electron chi connectivity index (χ3n) is 4.03. The summed E-state index contributed by atoms with van der Waals surface area (Å²) in [4.78, 5) is 2.55. The van der Waals surface area contributed by atoms with E-state index in [1.54, 1.807) is 0 Å². The van der Waals surface area contributed by atoms with Crippen molar-refractivity contribution in [2.24, 2.45) is 5.92 Å². The van der Waals surface area contributed by atoms with Gasteiger partial charge in [-0.1, -0.05) is 32.0 Å². The fourth-order valence-corrected chi connectivity index (χ4v) is 2.77. The Balaban J connectivity index is 1.75. The molecule has 1 aromatic carbocycles. The predicted molar refractivity (Wildman–Crippen MR) is 84.2 cm³/mol. The Morgan fingerprint density at radius 1 is 1.30 bits per heavy atom. The Labute approximate surface area is 123 Å². The predicted octanol–water partition coefficient (Wildman–Crippen LogP) is 2.78. The Bertz CT molecular complexity index is 369. The van der Waals surface area contributed by atoms with Gasteiger partial charge >= 0.3 is 0 Å². The first-order valence-corrected chi connectivity index (χ1v) is 7.91. The van der Waals surface area contributed by atoms with Gasteiger partial charge in [-0.15, -0.1) is 0 Å². The van der Waals surface area contributed by atoms with Crippen LogP contribution in [0.25, 0.3) is 0 Å². The Hall–Kier alpha value is -1.06. The lowest BCUT2D eigenvalue weighted by atomic mass is 10.0. The number of nitrogens with one attached hydrogen (secondary N) is 1. The SMILES string of the molecule is CCC1CCN(CCOc2ccccc2)CC(C)CN1. The minimum atomic E-state index is 0.676. The molecular formula is C17H28N2O. The summed E-state index contributed by atoms with van der Waals surface area (Å²) in [6.45, 7) is 9.88. The van der Waals surface area contributed by atoms with Gasteiger partial charge in [0.2, 0.25) is 0 Å². The molecule has 0 aromatic heterocycles. The molecule has 1 aromatic rings. The Kier molecular flexibility index (Phi) is 6.34. The van der Waals surface area contributed by atoms with Crippen LogP contribution in [0.3, 0.4) is 0 Å².